The van der Waals surface area contributed by atoms with Crippen molar-refractivity contribution in [1.29, 1.82) is 0 Å². The summed E-state index contributed by atoms with van der Waals surface area (Å²) in [4.78, 5) is 32.2. The molecule has 5 rings (SSSR count). The number of imide groups is 1. The second-order valence-electron chi connectivity index (χ2n) is 8.94. The van der Waals surface area contributed by atoms with Gasteiger partial charge in [0.25, 0.3) is 11.1 Å². The Morgan fingerprint density at radius 2 is 1.78 bits per heavy atom. The van der Waals surface area contributed by atoms with Gasteiger partial charge in [-0.25, -0.2) is 14.4 Å². The number of halogens is 1. The average Bonchev–Trinajstić information content (AvgIpc) is 3.20. The topological polar surface area (TPSA) is 96.0 Å². The molecule has 3 N–H and O–H groups in total. The van der Waals surface area contributed by atoms with Gasteiger partial charge in [-0.1, -0.05) is 30.3 Å². The lowest BCUT2D eigenvalue weighted by Crippen LogP contribution is -2.36. The summed E-state index contributed by atoms with van der Waals surface area (Å²) in [6, 6.07) is 17.3. The number of aromatic nitrogens is 2. The molecule has 0 unspecified atom stereocenters. The summed E-state index contributed by atoms with van der Waals surface area (Å²) >= 11 is 0.873. The van der Waals surface area contributed by atoms with Gasteiger partial charge in [-0.3, -0.25) is 14.9 Å². The molecule has 36 heavy (non-hydrogen) atoms. The van der Waals surface area contributed by atoms with Crippen molar-refractivity contribution in [2.24, 2.45) is 0 Å². The third-order valence-electron chi connectivity index (χ3n) is 6.36. The van der Waals surface area contributed by atoms with Crippen molar-refractivity contribution >= 4 is 34.9 Å². The van der Waals surface area contributed by atoms with Crippen LogP contribution in [0.25, 0.3) is 17.2 Å². The van der Waals surface area contributed by atoms with E-state index in [1.165, 1.54) is 17.7 Å². The summed E-state index contributed by atoms with van der Waals surface area (Å²) in [6.45, 7) is 0.783. The molecule has 2 aliphatic rings. The molecule has 2 heterocycles. The van der Waals surface area contributed by atoms with Crippen molar-refractivity contribution in [3.05, 3.63) is 82.8 Å². The first kappa shape index (κ1) is 24.1. The Balaban J connectivity index is 1.11. The number of hydrogen-bond acceptors (Lipinski definition) is 7. The number of nitrogens with one attached hydrogen (secondary N) is 3. The zero-order chi connectivity index (χ0) is 24.9. The van der Waals surface area contributed by atoms with Crippen LogP contribution >= 0.6 is 11.8 Å². The summed E-state index contributed by atoms with van der Waals surface area (Å²) in [5, 5.41) is 8.96. The highest BCUT2D eigenvalue weighted by molar-refractivity contribution is 8.18. The van der Waals surface area contributed by atoms with Crippen molar-refractivity contribution in [3.8, 4) is 11.1 Å². The highest BCUT2D eigenvalue weighted by Gasteiger charge is 2.25. The van der Waals surface area contributed by atoms with Crippen LogP contribution in [0.5, 0.6) is 0 Å². The minimum absolute atomic E-state index is 0.229. The van der Waals surface area contributed by atoms with E-state index < -0.39 is 5.91 Å². The maximum Gasteiger partial charge on any atom is 0.290 e. The molecule has 184 valence electrons. The quantitative estimate of drug-likeness (QED) is 0.385. The maximum absolute atomic E-state index is 13.2. The van der Waals surface area contributed by atoms with E-state index in [-0.39, 0.29) is 17.1 Å². The van der Waals surface area contributed by atoms with Gasteiger partial charge >= 0.3 is 0 Å². The van der Waals surface area contributed by atoms with E-state index in [1.54, 1.807) is 30.5 Å². The molecule has 1 saturated carbocycles. The van der Waals surface area contributed by atoms with E-state index in [1.807, 2.05) is 12.1 Å². The summed E-state index contributed by atoms with van der Waals surface area (Å²) in [5.74, 6) is -0.104. The molecule has 1 aliphatic carbocycles. The van der Waals surface area contributed by atoms with Crippen LogP contribution in [0.15, 0.2) is 65.7 Å². The van der Waals surface area contributed by atoms with E-state index >= 15 is 0 Å². The highest BCUT2D eigenvalue weighted by Crippen LogP contribution is 2.26. The van der Waals surface area contributed by atoms with Crippen LogP contribution in [-0.2, 0) is 11.3 Å². The molecule has 1 saturated heterocycles. The Labute approximate surface area is 213 Å². The maximum atomic E-state index is 13.2. The minimum Gasteiger partial charge on any atom is -0.351 e. The zero-order valence-electron chi connectivity index (χ0n) is 19.5. The van der Waals surface area contributed by atoms with Gasteiger partial charge in [-0.15, -0.1) is 0 Å². The Morgan fingerprint density at radius 1 is 1.00 bits per heavy atom. The van der Waals surface area contributed by atoms with E-state index in [9.17, 15) is 14.0 Å². The van der Waals surface area contributed by atoms with Crippen LogP contribution in [0.2, 0.25) is 0 Å². The molecule has 3 aromatic rings. The lowest BCUT2D eigenvalue weighted by Gasteiger charge is -2.30. The van der Waals surface area contributed by atoms with Crippen molar-refractivity contribution in [2.75, 3.05) is 5.32 Å². The van der Waals surface area contributed by atoms with Gasteiger partial charge in [0.1, 0.15) is 5.82 Å². The van der Waals surface area contributed by atoms with Crippen molar-refractivity contribution in [3.63, 3.8) is 0 Å². The van der Waals surface area contributed by atoms with Crippen molar-refractivity contribution < 1.29 is 14.0 Å². The monoisotopic (exact) mass is 503 g/mol. The molecular formula is C27H26FN5O2S. The Bertz CT molecular complexity index is 1290. The molecule has 2 fully saturated rings. The fourth-order valence-corrected chi connectivity index (χ4v) is 5.13. The first-order valence-electron chi connectivity index (χ1n) is 11.9. The summed E-state index contributed by atoms with van der Waals surface area (Å²) in [5.41, 5.74) is 3.87. The number of nitrogens with zero attached hydrogens (tertiary/aromatic N) is 2. The Hall–Kier alpha value is -3.56. The molecule has 0 atom stereocenters. The highest BCUT2D eigenvalue weighted by atomic mass is 32.2. The first-order valence-corrected chi connectivity index (χ1v) is 12.8. The number of anilines is 1. The number of amides is 2. The third-order valence-corrected chi connectivity index (χ3v) is 7.17. The van der Waals surface area contributed by atoms with Gasteiger partial charge in [-0.2, -0.15) is 0 Å². The molecule has 0 spiro atoms. The summed E-state index contributed by atoms with van der Waals surface area (Å²) < 4.78 is 13.2. The Kier molecular flexibility index (Phi) is 7.39. The Morgan fingerprint density at radius 3 is 2.53 bits per heavy atom. The fourth-order valence-electron chi connectivity index (χ4n) is 4.47. The molecule has 9 heteroatoms. The number of carbonyl (C=O) groups is 2. The second-order valence-corrected chi connectivity index (χ2v) is 9.95. The van der Waals surface area contributed by atoms with E-state index in [0.717, 1.165) is 55.1 Å². The van der Waals surface area contributed by atoms with Gasteiger partial charge in [0.2, 0.25) is 5.95 Å². The molecule has 1 aromatic heterocycles. The number of rotatable bonds is 7. The zero-order valence-corrected chi connectivity index (χ0v) is 20.4. The number of thioether (sulfide) groups is 1. The van der Waals surface area contributed by atoms with E-state index in [4.69, 9.17) is 0 Å². The van der Waals surface area contributed by atoms with Gasteiger partial charge in [-0.05, 0) is 84.5 Å². The first-order chi connectivity index (χ1) is 17.5. The fraction of sp³-hybridized carbons (Fsp3) is 0.259. The number of carbonyl (C=O) groups excluding carboxylic acids is 2. The number of hydrogen-bond donors (Lipinski definition) is 3. The molecule has 2 aromatic carbocycles. The van der Waals surface area contributed by atoms with Gasteiger partial charge in [0.15, 0.2) is 0 Å². The predicted octanol–water partition coefficient (Wildman–Crippen LogP) is 5.12. The van der Waals surface area contributed by atoms with E-state index in [0.29, 0.717) is 22.6 Å². The lowest BCUT2D eigenvalue weighted by molar-refractivity contribution is -0.115. The summed E-state index contributed by atoms with van der Waals surface area (Å²) in [7, 11) is 0. The van der Waals surface area contributed by atoms with Crippen molar-refractivity contribution in [1.82, 2.24) is 20.6 Å². The standard InChI is InChI=1S/C27H26FN5O2S/c28-20-6-4-18(5-7-20)19-3-1-2-17(14-19)16-30-21-8-10-22(11-9-21)31-26-29-13-12-23(32-26)15-24-25(34)33-27(35)36-24/h1-7,12-15,21-22,30H,8-11,16H2,(H,29,31,32)(H,33,34,35)/b24-15-. The lowest BCUT2D eigenvalue weighted by atomic mass is 9.91. The van der Waals surface area contributed by atoms with Crippen LogP contribution < -0.4 is 16.0 Å². The normalized spacial score (nSPS) is 21.0. The van der Waals surface area contributed by atoms with Gasteiger partial charge in [0.05, 0.1) is 10.6 Å². The smallest absolute Gasteiger partial charge is 0.290 e. The number of benzene rings is 2. The van der Waals surface area contributed by atoms with Crippen LogP contribution in [-0.4, -0.2) is 33.2 Å². The van der Waals surface area contributed by atoms with Gasteiger partial charge in [0, 0.05) is 24.8 Å². The average molecular weight is 504 g/mol. The molecule has 2 amide bonds. The van der Waals surface area contributed by atoms with E-state index in [2.05, 4.69) is 38.1 Å². The third kappa shape index (κ3) is 6.16. The van der Waals surface area contributed by atoms with Crippen molar-refractivity contribution in [2.45, 2.75) is 44.3 Å². The van der Waals surface area contributed by atoms with Crippen LogP contribution in [0.4, 0.5) is 15.1 Å². The molecule has 7 nitrogen and oxygen atoms in total. The molecule has 0 bridgehead atoms. The predicted molar refractivity (Wildman–Crippen MR) is 139 cm³/mol. The van der Waals surface area contributed by atoms with Crippen LogP contribution in [0, 0.1) is 5.82 Å². The minimum atomic E-state index is -0.397. The molecule has 0 radical (unpaired) electrons. The van der Waals surface area contributed by atoms with Crippen LogP contribution in [0.1, 0.15) is 36.9 Å². The second kappa shape index (κ2) is 11.0. The molecule has 1 aliphatic heterocycles. The largest absolute Gasteiger partial charge is 0.351 e. The summed E-state index contributed by atoms with van der Waals surface area (Å²) in [6.07, 6.45) is 7.32. The molecular weight excluding hydrogens is 477 g/mol. The van der Waals surface area contributed by atoms with Crippen LogP contribution in [0.3, 0.4) is 0 Å². The SMILES string of the molecule is O=C1NC(=O)/C(=C/c2ccnc(NC3CCC(NCc4cccc(-c5ccc(F)cc5)c4)CC3)n2)S1. The van der Waals surface area contributed by atoms with Gasteiger partial charge < -0.3 is 10.6 Å².